The van der Waals surface area contributed by atoms with Crippen LogP contribution in [0.2, 0.25) is 0 Å². The van der Waals surface area contributed by atoms with Gasteiger partial charge in [-0.25, -0.2) is 4.99 Å². The molecule has 2 N–H and O–H groups in total. The van der Waals surface area contributed by atoms with Crippen LogP contribution < -0.4 is 0 Å². The predicted molar refractivity (Wildman–Crippen MR) is 122 cm³/mol. The van der Waals surface area contributed by atoms with Crippen LogP contribution in [0.3, 0.4) is 0 Å². The minimum absolute atomic E-state index is 0.796. The molecule has 0 saturated heterocycles. The molecule has 0 bridgehead atoms. The van der Waals surface area contributed by atoms with Gasteiger partial charge in [0.2, 0.25) is 0 Å². The number of hydrogen-bond acceptors (Lipinski definition) is 2. The Labute approximate surface area is 175 Å². The molecule has 29 heavy (non-hydrogen) atoms. The number of aryl methyl sites for hydroxylation is 1. The Morgan fingerprint density at radius 3 is 2.41 bits per heavy atom. The first-order valence-corrected chi connectivity index (χ1v) is 11.2. The zero-order valence-electron chi connectivity index (χ0n) is 18.0. The maximum Gasteiger partial charge on any atom is 0.146 e. The Hall–Kier alpha value is -2.49. The van der Waals surface area contributed by atoms with E-state index in [-0.39, 0.29) is 0 Å². The molecule has 4 heteroatoms. The predicted octanol–water partition coefficient (Wildman–Crippen LogP) is 6.79. The summed E-state index contributed by atoms with van der Waals surface area (Å²) in [5, 5.41) is 0. The quantitative estimate of drug-likeness (QED) is 0.362. The van der Waals surface area contributed by atoms with Gasteiger partial charge in [0.05, 0.1) is 18.5 Å². The lowest BCUT2D eigenvalue weighted by Crippen LogP contribution is -1.93. The van der Waals surface area contributed by atoms with Crippen molar-refractivity contribution in [2.45, 2.75) is 71.1 Å². The molecule has 0 aromatic carbocycles. The summed E-state index contributed by atoms with van der Waals surface area (Å²) in [7, 11) is 1.69. The molecule has 2 aromatic rings. The first kappa shape index (κ1) is 21.2. The van der Waals surface area contributed by atoms with Crippen LogP contribution in [0.15, 0.2) is 53.0 Å². The fourth-order valence-corrected chi connectivity index (χ4v) is 3.77. The molecule has 1 aliphatic rings. The summed E-state index contributed by atoms with van der Waals surface area (Å²) in [4.78, 5) is 11.4. The first-order valence-electron chi connectivity index (χ1n) is 11.2. The van der Waals surface area contributed by atoms with Crippen molar-refractivity contribution in [3.8, 4) is 0 Å². The van der Waals surface area contributed by atoms with E-state index in [2.05, 4.69) is 35.1 Å². The third kappa shape index (κ3) is 6.52. The van der Waals surface area contributed by atoms with E-state index in [1.54, 1.807) is 7.11 Å². The Balaban J connectivity index is 1.44. The van der Waals surface area contributed by atoms with Gasteiger partial charge < -0.3 is 14.7 Å². The molecule has 0 atom stereocenters. The number of hydrogen-bond donors (Lipinski definition) is 2. The Kier molecular flexibility index (Phi) is 8.41. The number of H-pyrrole nitrogens is 2. The number of rotatable bonds is 13. The van der Waals surface area contributed by atoms with Gasteiger partial charge >= 0.3 is 0 Å². The molecule has 3 heterocycles. The summed E-state index contributed by atoms with van der Waals surface area (Å²) in [6.07, 6.45) is 19.3. The molecule has 2 aromatic heterocycles. The van der Waals surface area contributed by atoms with Crippen LogP contribution in [0.1, 0.15) is 81.8 Å². The van der Waals surface area contributed by atoms with Crippen LogP contribution in [0.25, 0.3) is 6.08 Å². The van der Waals surface area contributed by atoms with Crippen molar-refractivity contribution in [1.82, 2.24) is 9.97 Å². The Morgan fingerprint density at radius 1 is 0.966 bits per heavy atom. The van der Waals surface area contributed by atoms with Gasteiger partial charge in [-0.3, -0.25) is 0 Å². The summed E-state index contributed by atoms with van der Waals surface area (Å²) in [6.45, 7) is 2.28. The first-order chi connectivity index (χ1) is 14.3. The number of aromatic nitrogens is 2. The van der Waals surface area contributed by atoms with Crippen molar-refractivity contribution >= 4 is 11.8 Å². The number of aromatic amines is 2. The largest absolute Gasteiger partial charge is 0.494 e. The second-order valence-electron chi connectivity index (χ2n) is 7.84. The smallest absolute Gasteiger partial charge is 0.146 e. The van der Waals surface area contributed by atoms with E-state index in [1.807, 2.05) is 24.4 Å². The second kappa shape index (κ2) is 11.5. The summed E-state index contributed by atoms with van der Waals surface area (Å²) >= 11 is 0. The minimum Gasteiger partial charge on any atom is -0.494 e. The van der Waals surface area contributed by atoms with Gasteiger partial charge in [-0.15, -0.1) is 0 Å². The van der Waals surface area contributed by atoms with E-state index in [0.29, 0.717) is 0 Å². The van der Waals surface area contributed by atoms with Gasteiger partial charge in [0.1, 0.15) is 11.5 Å². The second-order valence-corrected chi connectivity index (χ2v) is 7.84. The van der Waals surface area contributed by atoms with E-state index in [1.165, 1.54) is 63.5 Å². The molecule has 4 nitrogen and oxygen atoms in total. The number of methoxy groups -OCH3 is 1. The Morgan fingerprint density at radius 2 is 1.72 bits per heavy atom. The molecule has 0 radical (unpaired) electrons. The van der Waals surface area contributed by atoms with Gasteiger partial charge in [-0.05, 0) is 43.2 Å². The molecule has 0 unspecified atom stereocenters. The topological polar surface area (TPSA) is 53.2 Å². The number of aliphatic imine (C=N–C) groups is 1. The van der Waals surface area contributed by atoms with Crippen molar-refractivity contribution in [3.63, 3.8) is 0 Å². The number of allylic oxidation sites excluding steroid dienone is 1. The SMILES string of the molecule is CCCCCCCCCCCc1ccc(C=C2N=C(c3ccc[nH]3)C=C2OC)[nH]1. The average molecular weight is 394 g/mol. The van der Waals surface area contributed by atoms with Crippen LogP contribution in [-0.2, 0) is 11.2 Å². The zero-order chi connectivity index (χ0) is 20.3. The lowest BCUT2D eigenvalue weighted by atomic mass is 10.1. The van der Waals surface area contributed by atoms with E-state index >= 15 is 0 Å². The van der Waals surface area contributed by atoms with Crippen LogP contribution >= 0.6 is 0 Å². The summed E-state index contributed by atoms with van der Waals surface area (Å²) < 4.78 is 5.51. The Bertz CT molecular complexity index is 824. The van der Waals surface area contributed by atoms with Crippen LogP contribution in [-0.4, -0.2) is 22.8 Å². The van der Waals surface area contributed by atoms with Crippen LogP contribution in [0.5, 0.6) is 0 Å². The highest BCUT2D eigenvalue weighted by Crippen LogP contribution is 2.24. The van der Waals surface area contributed by atoms with E-state index in [0.717, 1.165) is 35.0 Å². The maximum absolute atomic E-state index is 5.51. The molecule has 3 rings (SSSR count). The molecular weight excluding hydrogens is 358 g/mol. The maximum atomic E-state index is 5.51. The molecule has 0 amide bonds. The summed E-state index contributed by atoms with van der Waals surface area (Å²) in [5.74, 6) is 0.796. The van der Waals surface area contributed by atoms with Crippen LogP contribution in [0, 0.1) is 0 Å². The van der Waals surface area contributed by atoms with Gasteiger partial charge in [0, 0.05) is 23.7 Å². The van der Waals surface area contributed by atoms with Crippen molar-refractivity contribution in [2.24, 2.45) is 4.99 Å². The number of ether oxygens (including phenoxy) is 1. The van der Waals surface area contributed by atoms with Crippen molar-refractivity contribution in [2.75, 3.05) is 7.11 Å². The average Bonchev–Trinajstić information content (AvgIpc) is 3.48. The molecule has 156 valence electrons. The fourth-order valence-electron chi connectivity index (χ4n) is 3.77. The van der Waals surface area contributed by atoms with E-state index in [9.17, 15) is 0 Å². The third-order valence-electron chi connectivity index (χ3n) is 5.47. The number of nitrogens with zero attached hydrogens (tertiary/aromatic N) is 1. The van der Waals surface area contributed by atoms with Crippen LogP contribution in [0.4, 0.5) is 0 Å². The lowest BCUT2D eigenvalue weighted by Gasteiger charge is -2.02. The fraction of sp³-hybridized carbons (Fsp3) is 0.480. The normalized spacial score (nSPS) is 15.0. The number of unbranched alkanes of at least 4 members (excludes halogenated alkanes) is 8. The number of nitrogens with one attached hydrogen (secondary N) is 2. The highest BCUT2D eigenvalue weighted by Gasteiger charge is 2.17. The highest BCUT2D eigenvalue weighted by atomic mass is 16.5. The summed E-state index contributed by atoms with van der Waals surface area (Å²) in [6, 6.07) is 8.32. The van der Waals surface area contributed by atoms with Gasteiger partial charge in [-0.2, -0.15) is 0 Å². The van der Waals surface area contributed by atoms with E-state index < -0.39 is 0 Å². The van der Waals surface area contributed by atoms with Gasteiger partial charge in [0.25, 0.3) is 0 Å². The van der Waals surface area contributed by atoms with Gasteiger partial charge in [0.15, 0.2) is 0 Å². The lowest BCUT2D eigenvalue weighted by molar-refractivity contribution is 0.303. The standard InChI is InChI=1S/C25H35N3O/c1-3-4-5-6-7-8-9-10-11-13-20-15-16-21(27-20)18-24-25(29-2)19-23(28-24)22-14-12-17-26-22/h12,14-19,26-27H,3-11,13H2,1-2H3. The van der Waals surface area contributed by atoms with Crippen molar-refractivity contribution in [1.29, 1.82) is 0 Å². The third-order valence-corrected chi connectivity index (χ3v) is 5.47. The summed E-state index contributed by atoms with van der Waals surface area (Å²) in [5.41, 5.74) is 5.13. The molecule has 0 aliphatic carbocycles. The molecular formula is C25H35N3O. The minimum atomic E-state index is 0.796. The highest BCUT2D eigenvalue weighted by molar-refractivity contribution is 6.11. The van der Waals surface area contributed by atoms with Crippen molar-refractivity contribution in [3.05, 3.63) is 65.1 Å². The molecule has 0 spiro atoms. The monoisotopic (exact) mass is 393 g/mol. The molecule has 1 aliphatic heterocycles. The van der Waals surface area contributed by atoms with E-state index in [4.69, 9.17) is 9.73 Å². The molecule has 0 saturated carbocycles. The van der Waals surface area contributed by atoms with Crippen molar-refractivity contribution < 1.29 is 4.74 Å². The molecule has 0 fully saturated rings. The zero-order valence-corrected chi connectivity index (χ0v) is 18.0. The van der Waals surface area contributed by atoms with Gasteiger partial charge in [-0.1, -0.05) is 58.3 Å².